The summed E-state index contributed by atoms with van der Waals surface area (Å²) in [6, 6.07) is 2.84. The molecule has 4 N–H and O–H groups in total. The lowest BCUT2D eigenvalue weighted by molar-refractivity contribution is 0.0700. The van der Waals surface area contributed by atoms with Gasteiger partial charge in [0.1, 0.15) is 11.6 Å². The molecule has 0 saturated heterocycles. The number of halogens is 2. The van der Waals surface area contributed by atoms with E-state index >= 15 is 0 Å². The van der Waals surface area contributed by atoms with Gasteiger partial charge in [-0.1, -0.05) is 6.92 Å². The number of hydrogen-bond acceptors (Lipinski definition) is 4. The van der Waals surface area contributed by atoms with Crippen LogP contribution in [0, 0.1) is 11.6 Å². The molecule has 1 rings (SSSR count). The standard InChI is InChI=1S/C13H19F2NO3/c1-2-13(7-17,8-18)16-6-12(19)10-5-9(14)3-4-11(10)15/h3-5,12,16-19H,2,6-8H2,1H3. The average Bonchev–Trinajstić information content (AvgIpc) is 2.43. The predicted octanol–water partition coefficient (Wildman–Crippen LogP) is 0.721. The van der Waals surface area contributed by atoms with Gasteiger partial charge < -0.3 is 20.6 Å². The van der Waals surface area contributed by atoms with Crippen LogP contribution in [-0.2, 0) is 0 Å². The summed E-state index contributed by atoms with van der Waals surface area (Å²) in [5, 5.41) is 31.1. The summed E-state index contributed by atoms with van der Waals surface area (Å²) in [5.41, 5.74) is -1.10. The molecule has 0 spiro atoms. The van der Waals surface area contributed by atoms with Gasteiger partial charge in [0.05, 0.1) is 24.9 Å². The lowest BCUT2D eigenvalue weighted by atomic mass is 9.97. The van der Waals surface area contributed by atoms with E-state index in [-0.39, 0.29) is 25.3 Å². The second kappa shape index (κ2) is 6.91. The van der Waals surface area contributed by atoms with Crippen molar-refractivity contribution in [1.29, 1.82) is 0 Å². The normalized spacial score (nSPS) is 13.6. The van der Waals surface area contributed by atoms with Gasteiger partial charge >= 0.3 is 0 Å². The molecule has 0 aliphatic heterocycles. The van der Waals surface area contributed by atoms with E-state index in [2.05, 4.69) is 5.32 Å². The third-order valence-electron chi connectivity index (χ3n) is 3.27. The first kappa shape index (κ1) is 16.0. The van der Waals surface area contributed by atoms with Crippen molar-refractivity contribution in [1.82, 2.24) is 5.32 Å². The molecule has 0 heterocycles. The highest BCUT2D eigenvalue weighted by Crippen LogP contribution is 2.19. The maximum atomic E-state index is 13.4. The minimum Gasteiger partial charge on any atom is -0.394 e. The summed E-state index contributed by atoms with van der Waals surface area (Å²) in [6.07, 6.45) is -0.835. The molecule has 0 bridgehead atoms. The molecular formula is C13H19F2NO3. The molecule has 0 aliphatic carbocycles. The Bertz CT molecular complexity index is 403. The summed E-state index contributed by atoms with van der Waals surface area (Å²) in [4.78, 5) is 0. The van der Waals surface area contributed by atoms with E-state index in [1.807, 2.05) is 0 Å². The van der Waals surface area contributed by atoms with Crippen LogP contribution in [0.2, 0.25) is 0 Å². The number of aliphatic hydroxyl groups excluding tert-OH is 3. The molecule has 0 amide bonds. The second-order valence-corrected chi connectivity index (χ2v) is 4.51. The molecule has 6 heteroatoms. The highest BCUT2D eigenvalue weighted by molar-refractivity contribution is 5.21. The van der Waals surface area contributed by atoms with Crippen molar-refractivity contribution in [2.24, 2.45) is 0 Å². The quantitative estimate of drug-likeness (QED) is 0.592. The molecular weight excluding hydrogens is 256 g/mol. The van der Waals surface area contributed by atoms with Gasteiger partial charge in [0.15, 0.2) is 0 Å². The van der Waals surface area contributed by atoms with Gasteiger partial charge in [0.25, 0.3) is 0 Å². The third kappa shape index (κ3) is 3.94. The van der Waals surface area contributed by atoms with Crippen molar-refractivity contribution < 1.29 is 24.1 Å². The van der Waals surface area contributed by atoms with Gasteiger partial charge in [-0.3, -0.25) is 0 Å². The number of rotatable bonds is 7. The van der Waals surface area contributed by atoms with Gasteiger partial charge in [-0.2, -0.15) is 0 Å². The highest BCUT2D eigenvalue weighted by Gasteiger charge is 2.27. The minimum absolute atomic E-state index is 0.102. The average molecular weight is 275 g/mol. The monoisotopic (exact) mass is 275 g/mol. The second-order valence-electron chi connectivity index (χ2n) is 4.51. The Kier molecular flexibility index (Phi) is 5.81. The zero-order chi connectivity index (χ0) is 14.5. The van der Waals surface area contributed by atoms with Crippen LogP contribution in [0.25, 0.3) is 0 Å². The SMILES string of the molecule is CCC(CO)(CO)NCC(O)c1cc(F)ccc1F. The Morgan fingerprint density at radius 1 is 1.26 bits per heavy atom. The Balaban J connectivity index is 2.74. The fourth-order valence-corrected chi connectivity index (χ4v) is 1.70. The van der Waals surface area contributed by atoms with Crippen LogP contribution < -0.4 is 5.32 Å². The maximum Gasteiger partial charge on any atom is 0.129 e. The summed E-state index contributed by atoms with van der Waals surface area (Å²) < 4.78 is 26.4. The molecule has 0 aromatic heterocycles. The van der Waals surface area contributed by atoms with E-state index in [0.717, 1.165) is 18.2 Å². The number of nitrogens with one attached hydrogen (secondary N) is 1. The van der Waals surface area contributed by atoms with E-state index in [9.17, 15) is 24.1 Å². The first-order valence-electron chi connectivity index (χ1n) is 6.07. The number of aliphatic hydroxyl groups is 3. The molecule has 1 aromatic carbocycles. The summed E-state index contributed by atoms with van der Waals surface area (Å²) >= 11 is 0. The number of hydrogen-bond donors (Lipinski definition) is 4. The van der Waals surface area contributed by atoms with Crippen molar-refractivity contribution in [2.45, 2.75) is 25.0 Å². The highest BCUT2D eigenvalue weighted by atomic mass is 19.1. The van der Waals surface area contributed by atoms with Crippen LogP contribution in [0.1, 0.15) is 25.0 Å². The lowest BCUT2D eigenvalue weighted by Crippen LogP contribution is -2.52. The van der Waals surface area contributed by atoms with Gasteiger partial charge in [-0.05, 0) is 24.6 Å². The predicted molar refractivity (Wildman–Crippen MR) is 66.5 cm³/mol. The van der Waals surface area contributed by atoms with E-state index in [4.69, 9.17) is 0 Å². The fourth-order valence-electron chi connectivity index (χ4n) is 1.70. The zero-order valence-electron chi connectivity index (χ0n) is 10.7. The molecule has 0 aliphatic rings. The fraction of sp³-hybridized carbons (Fsp3) is 0.538. The van der Waals surface area contributed by atoms with Crippen LogP contribution in [-0.4, -0.2) is 40.6 Å². The Morgan fingerprint density at radius 2 is 1.89 bits per heavy atom. The Hall–Kier alpha value is -1.08. The van der Waals surface area contributed by atoms with Crippen LogP contribution in [0.5, 0.6) is 0 Å². The molecule has 19 heavy (non-hydrogen) atoms. The van der Waals surface area contributed by atoms with Crippen molar-refractivity contribution in [3.8, 4) is 0 Å². The largest absolute Gasteiger partial charge is 0.394 e. The molecule has 0 radical (unpaired) electrons. The first-order chi connectivity index (χ1) is 8.98. The van der Waals surface area contributed by atoms with Gasteiger partial charge in [-0.25, -0.2) is 8.78 Å². The molecule has 1 unspecified atom stereocenters. The first-order valence-corrected chi connectivity index (χ1v) is 6.07. The Labute approximate surface area is 110 Å². The molecule has 1 atom stereocenters. The van der Waals surface area contributed by atoms with Crippen LogP contribution in [0.3, 0.4) is 0 Å². The van der Waals surface area contributed by atoms with Gasteiger partial charge in [0.2, 0.25) is 0 Å². The van der Waals surface area contributed by atoms with Gasteiger partial charge in [-0.15, -0.1) is 0 Å². The lowest BCUT2D eigenvalue weighted by Gasteiger charge is -2.31. The topological polar surface area (TPSA) is 72.7 Å². The smallest absolute Gasteiger partial charge is 0.129 e. The zero-order valence-corrected chi connectivity index (χ0v) is 10.7. The third-order valence-corrected chi connectivity index (χ3v) is 3.27. The molecule has 0 fully saturated rings. The van der Waals surface area contributed by atoms with E-state index in [1.54, 1.807) is 6.92 Å². The van der Waals surface area contributed by atoms with Crippen molar-refractivity contribution in [3.05, 3.63) is 35.4 Å². The number of benzene rings is 1. The van der Waals surface area contributed by atoms with E-state index in [1.165, 1.54) is 0 Å². The van der Waals surface area contributed by atoms with Crippen LogP contribution >= 0.6 is 0 Å². The molecule has 4 nitrogen and oxygen atoms in total. The van der Waals surface area contributed by atoms with Crippen LogP contribution in [0.15, 0.2) is 18.2 Å². The van der Waals surface area contributed by atoms with Gasteiger partial charge in [0, 0.05) is 12.1 Å². The molecule has 0 saturated carbocycles. The Morgan fingerprint density at radius 3 is 2.42 bits per heavy atom. The maximum absolute atomic E-state index is 13.4. The molecule has 108 valence electrons. The van der Waals surface area contributed by atoms with E-state index in [0.29, 0.717) is 6.42 Å². The summed E-state index contributed by atoms with van der Waals surface area (Å²) in [6.45, 7) is 1.01. The van der Waals surface area contributed by atoms with Crippen molar-refractivity contribution in [3.63, 3.8) is 0 Å². The van der Waals surface area contributed by atoms with Crippen molar-refractivity contribution >= 4 is 0 Å². The van der Waals surface area contributed by atoms with E-state index < -0.39 is 23.3 Å². The minimum atomic E-state index is -1.26. The molecule has 1 aromatic rings. The van der Waals surface area contributed by atoms with Crippen LogP contribution in [0.4, 0.5) is 8.78 Å². The van der Waals surface area contributed by atoms with Crippen molar-refractivity contribution in [2.75, 3.05) is 19.8 Å². The number of β-amino-alcohol motifs (C(OH)–C–C–N with tert-alkyl or cyclic N) is 1. The summed E-state index contributed by atoms with van der Waals surface area (Å²) in [5.74, 6) is -1.34. The summed E-state index contributed by atoms with van der Waals surface area (Å²) in [7, 11) is 0.